The van der Waals surface area contributed by atoms with Crippen molar-refractivity contribution in [3.05, 3.63) is 52.5 Å². The van der Waals surface area contributed by atoms with Gasteiger partial charge in [0.05, 0.1) is 42.1 Å². The minimum absolute atomic E-state index is 0.450. The molecule has 3 aromatic heterocycles. The number of aryl methyl sites for hydroxylation is 1. The molecule has 1 aliphatic heterocycles. The molecule has 194 valence electrons. The SMILES string of the molecule is COc1cc(N2CCN(C(C)C)CC2)ccc1Nc1cc2c(Nc3cc(C)sc3C(N)=O)cncc2[nH]1. The smallest absolute Gasteiger partial charge is 0.260 e. The first-order valence-corrected chi connectivity index (χ1v) is 13.2. The molecule has 0 atom stereocenters. The molecule has 5 rings (SSSR count). The Balaban J connectivity index is 1.36. The number of piperazine rings is 1. The van der Waals surface area contributed by atoms with Crippen LogP contribution in [-0.4, -0.2) is 60.1 Å². The van der Waals surface area contributed by atoms with Crippen LogP contribution in [0, 0.1) is 6.92 Å². The monoisotopic (exact) mass is 519 g/mol. The number of aromatic nitrogens is 2. The Bertz CT molecular complexity index is 1420. The number of amides is 1. The van der Waals surface area contributed by atoms with Gasteiger partial charge in [0.15, 0.2) is 0 Å². The van der Waals surface area contributed by atoms with Crippen molar-refractivity contribution >= 4 is 56.7 Å². The van der Waals surface area contributed by atoms with Gasteiger partial charge in [0.2, 0.25) is 0 Å². The zero-order valence-corrected chi connectivity index (χ0v) is 22.4. The van der Waals surface area contributed by atoms with Crippen LogP contribution in [0.5, 0.6) is 5.75 Å². The Morgan fingerprint density at radius 3 is 2.57 bits per heavy atom. The molecule has 1 saturated heterocycles. The Labute approximate surface area is 220 Å². The Morgan fingerprint density at radius 1 is 1.08 bits per heavy atom. The predicted octanol–water partition coefficient (Wildman–Crippen LogP) is 5.06. The number of methoxy groups -OCH3 is 1. The van der Waals surface area contributed by atoms with Crippen molar-refractivity contribution in [2.75, 3.05) is 48.8 Å². The number of carbonyl (C=O) groups is 1. The number of aromatic amines is 1. The molecule has 9 nitrogen and oxygen atoms in total. The lowest BCUT2D eigenvalue weighted by Crippen LogP contribution is -2.48. The summed E-state index contributed by atoms with van der Waals surface area (Å²) < 4.78 is 5.74. The lowest BCUT2D eigenvalue weighted by atomic mass is 10.2. The van der Waals surface area contributed by atoms with E-state index < -0.39 is 5.91 Å². The van der Waals surface area contributed by atoms with E-state index in [1.165, 1.54) is 11.3 Å². The molecule has 1 amide bonds. The first-order chi connectivity index (χ1) is 17.8. The predicted molar refractivity (Wildman–Crippen MR) is 152 cm³/mol. The molecule has 10 heteroatoms. The molecule has 1 aromatic carbocycles. The number of hydrogen-bond acceptors (Lipinski definition) is 8. The lowest BCUT2D eigenvalue weighted by molar-refractivity contribution is 0.100. The highest BCUT2D eigenvalue weighted by Gasteiger charge is 2.20. The van der Waals surface area contributed by atoms with Crippen LogP contribution in [0.15, 0.2) is 42.7 Å². The number of ether oxygens (including phenoxy) is 1. The summed E-state index contributed by atoms with van der Waals surface area (Å²) in [7, 11) is 1.69. The molecular weight excluding hydrogens is 486 g/mol. The van der Waals surface area contributed by atoms with Gasteiger partial charge in [0.25, 0.3) is 5.91 Å². The van der Waals surface area contributed by atoms with Crippen molar-refractivity contribution in [1.29, 1.82) is 0 Å². The van der Waals surface area contributed by atoms with Gasteiger partial charge in [-0.2, -0.15) is 0 Å². The third-order valence-corrected chi connectivity index (χ3v) is 7.82. The number of anilines is 5. The van der Waals surface area contributed by atoms with Gasteiger partial charge < -0.3 is 31.0 Å². The Hall–Kier alpha value is -3.76. The molecule has 0 spiro atoms. The first kappa shape index (κ1) is 24.9. The number of thiophene rings is 1. The third kappa shape index (κ3) is 5.21. The molecule has 4 heterocycles. The highest BCUT2D eigenvalue weighted by atomic mass is 32.1. The molecule has 0 bridgehead atoms. The van der Waals surface area contributed by atoms with E-state index >= 15 is 0 Å². The molecule has 1 aliphatic rings. The van der Waals surface area contributed by atoms with E-state index in [9.17, 15) is 4.79 Å². The van der Waals surface area contributed by atoms with E-state index in [-0.39, 0.29) is 0 Å². The second-order valence-electron chi connectivity index (χ2n) is 9.55. The summed E-state index contributed by atoms with van der Waals surface area (Å²) in [4.78, 5) is 26.0. The van der Waals surface area contributed by atoms with Gasteiger partial charge >= 0.3 is 0 Å². The van der Waals surface area contributed by atoms with Crippen molar-refractivity contribution < 1.29 is 9.53 Å². The summed E-state index contributed by atoms with van der Waals surface area (Å²) >= 11 is 1.37. The molecule has 1 fully saturated rings. The second kappa shape index (κ2) is 10.3. The van der Waals surface area contributed by atoms with Gasteiger partial charge in [0, 0.05) is 54.2 Å². The van der Waals surface area contributed by atoms with Crippen LogP contribution in [0.25, 0.3) is 10.9 Å². The van der Waals surface area contributed by atoms with Crippen LogP contribution in [0.2, 0.25) is 0 Å². The second-order valence-corrected chi connectivity index (χ2v) is 10.8. The molecule has 0 radical (unpaired) electrons. The largest absolute Gasteiger partial charge is 0.494 e. The lowest BCUT2D eigenvalue weighted by Gasteiger charge is -2.38. The van der Waals surface area contributed by atoms with Crippen LogP contribution in [0.1, 0.15) is 28.4 Å². The fourth-order valence-electron chi connectivity index (χ4n) is 4.77. The Kier molecular flexibility index (Phi) is 6.94. The molecule has 5 N–H and O–H groups in total. The third-order valence-electron chi connectivity index (χ3n) is 6.76. The fourth-order valence-corrected chi connectivity index (χ4v) is 5.59. The van der Waals surface area contributed by atoms with Gasteiger partial charge in [0.1, 0.15) is 16.4 Å². The summed E-state index contributed by atoms with van der Waals surface area (Å²) in [5, 5.41) is 7.73. The molecule has 0 unspecified atom stereocenters. The highest BCUT2D eigenvalue weighted by Crippen LogP contribution is 2.36. The van der Waals surface area contributed by atoms with Crippen molar-refractivity contribution in [3.63, 3.8) is 0 Å². The van der Waals surface area contributed by atoms with E-state index in [0.29, 0.717) is 16.6 Å². The standard InChI is InChI=1S/C27H33N7O2S/c1-16(2)33-7-9-34(10-8-33)18-5-6-20(24(12-18)36-4)31-25-13-19-22(14-29-15-23(19)32-25)30-21-11-17(3)37-26(21)27(28)35/h5-6,11-16,30-32H,7-10H2,1-4H3,(H2,28,35). The number of nitrogens with zero attached hydrogens (tertiary/aromatic N) is 3. The maximum absolute atomic E-state index is 11.9. The van der Waals surface area contributed by atoms with Gasteiger partial charge in [-0.1, -0.05) is 0 Å². The van der Waals surface area contributed by atoms with E-state index in [1.54, 1.807) is 19.5 Å². The van der Waals surface area contributed by atoms with E-state index in [1.807, 2.05) is 19.1 Å². The van der Waals surface area contributed by atoms with Gasteiger partial charge in [-0.3, -0.25) is 14.7 Å². The quantitative estimate of drug-likeness (QED) is 0.258. The fraction of sp³-hybridized carbons (Fsp3) is 0.333. The van der Waals surface area contributed by atoms with E-state index in [0.717, 1.165) is 70.6 Å². The summed E-state index contributed by atoms with van der Waals surface area (Å²) in [5.74, 6) is 1.13. The number of benzene rings is 1. The average molecular weight is 520 g/mol. The first-order valence-electron chi connectivity index (χ1n) is 12.4. The van der Waals surface area contributed by atoms with Crippen LogP contribution < -0.4 is 26.0 Å². The van der Waals surface area contributed by atoms with Crippen LogP contribution in [-0.2, 0) is 0 Å². The summed E-state index contributed by atoms with van der Waals surface area (Å²) in [6, 6.07) is 10.8. The minimum atomic E-state index is -0.450. The normalized spacial score (nSPS) is 14.4. The Morgan fingerprint density at radius 2 is 1.86 bits per heavy atom. The molecule has 0 aliphatic carbocycles. The number of fused-ring (bicyclic) bond motifs is 1. The number of rotatable bonds is 8. The molecular formula is C27H33N7O2S. The number of primary amides is 1. The van der Waals surface area contributed by atoms with E-state index in [4.69, 9.17) is 10.5 Å². The summed E-state index contributed by atoms with van der Waals surface area (Å²) in [5.41, 5.74) is 9.93. The number of nitrogens with two attached hydrogens (primary N) is 1. The number of carbonyl (C=O) groups excluding carboxylic acids is 1. The summed E-state index contributed by atoms with van der Waals surface area (Å²) in [6.07, 6.45) is 3.52. The van der Waals surface area contributed by atoms with Gasteiger partial charge in [-0.15, -0.1) is 11.3 Å². The number of pyridine rings is 1. The molecule has 0 saturated carbocycles. The number of nitrogens with one attached hydrogen (secondary N) is 3. The molecule has 4 aromatic rings. The van der Waals surface area contributed by atoms with Crippen molar-refractivity contribution in [3.8, 4) is 5.75 Å². The van der Waals surface area contributed by atoms with Crippen molar-refractivity contribution in [2.45, 2.75) is 26.8 Å². The number of H-pyrrole nitrogens is 1. The highest BCUT2D eigenvalue weighted by molar-refractivity contribution is 7.14. The topological polar surface area (TPSA) is 112 Å². The number of hydrogen-bond donors (Lipinski definition) is 4. The van der Waals surface area contributed by atoms with Crippen LogP contribution in [0.3, 0.4) is 0 Å². The van der Waals surface area contributed by atoms with Gasteiger partial charge in [-0.05, 0) is 45.0 Å². The molecule has 37 heavy (non-hydrogen) atoms. The minimum Gasteiger partial charge on any atom is -0.494 e. The zero-order valence-electron chi connectivity index (χ0n) is 21.6. The maximum Gasteiger partial charge on any atom is 0.260 e. The van der Waals surface area contributed by atoms with Crippen molar-refractivity contribution in [2.24, 2.45) is 5.73 Å². The van der Waals surface area contributed by atoms with Gasteiger partial charge in [-0.25, -0.2) is 0 Å². The zero-order chi connectivity index (χ0) is 26.1. The maximum atomic E-state index is 11.9. The average Bonchev–Trinajstić information content (AvgIpc) is 3.47. The summed E-state index contributed by atoms with van der Waals surface area (Å²) in [6.45, 7) is 10.6. The van der Waals surface area contributed by atoms with Crippen LogP contribution >= 0.6 is 11.3 Å². The van der Waals surface area contributed by atoms with E-state index in [2.05, 4.69) is 62.4 Å². The van der Waals surface area contributed by atoms with Crippen LogP contribution in [0.4, 0.5) is 28.6 Å². The van der Waals surface area contributed by atoms with Crippen molar-refractivity contribution in [1.82, 2.24) is 14.9 Å².